The van der Waals surface area contributed by atoms with Gasteiger partial charge in [-0.2, -0.15) is 0 Å². The number of allylic oxidation sites excluding steroid dienone is 1. The molecule has 0 bridgehead atoms. The lowest BCUT2D eigenvalue weighted by Crippen LogP contribution is -2.32. The van der Waals surface area contributed by atoms with E-state index in [4.69, 9.17) is 4.42 Å². The van der Waals surface area contributed by atoms with E-state index in [1.165, 1.54) is 22.9 Å². The second-order valence-electron chi connectivity index (χ2n) is 7.14. The molecule has 0 radical (unpaired) electrons. The third-order valence-corrected chi connectivity index (χ3v) is 6.10. The van der Waals surface area contributed by atoms with Crippen molar-refractivity contribution in [3.8, 4) is 11.6 Å². The van der Waals surface area contributed by atoms with Crippen LogP contribution < -0.4 is 5.32 Å². The fraction of sp³-hybridized carbons (Fsp3) is 0.318. The molecule has 29 heavy (non-hydrogen) atoms. The lowest BCUT2D eigenvalue weighted by Gasteiger charge is -2.26. The van der Waals surface area contributed by atoms with Crippen molar-refractivity contribution in [3.63, 3.8) is 0 Å². The molecule has 3 aromatic rings. The summed E-state index contributed by atoms with van der Waals surface area (Å²) < 4.78 is 7.49. The molecule has 1 amide bonds. The summed E-state index contributed by atoms with van der Waals surface area (Å²) in [7, 11) is 0. The number of carbonyl (C=O) groups excluding carboxylic acids is 1. The van der Waals surface area contributed by atoms with Crippen molar-refractivity contribution in [2.45, 2.75) is 43.9 Å². The average molecular weight is 409 g/mol. The summed E-state index contributed by atoms with van der Waals surface area (Å²) >= 11 is 1.38. The van der Waals surface area contributed by atoms with Gasteiger partial charge in [-0.05, 0) is 48.9 Å². The highest BCUT2D eigenvalue weighted by atomic mass is 32.2. The first-order valence-electron chi connectivity index (χ1n) is 9.76. The topological polar surface area (TPSA) is 73.0 Å². The molecule has 1 aliphatic carbocycles. The number of rotatable bonds is 7. The van der Waals surface area contributed by atoms with Crippen LogP contribution in [0.1, 0.15) is 35.6 Å². The molecule has 1 aromatic carbocycles. The molecule has 0 fully saturated rings. The van der Waals surface area contributed by atoms with Gasteiger partial charge in [-0.3, -0.25) is 9.36 Å². The standard InChI is InChI=1S/C22H24N4O2S/c1-3-12-26-21(20-15(2)11-13-28-20)24-25-22(26)29-14-19(27)23-18-10-6-8-16-7-4-5-9-17(16)18/h3-5,7,9,11,13,18H,1,6,8,10,12,14H2,2H3,(H,23,27)/t18-/m0/s1. The first kappa shape index (κ1) is 19.5. The number of amides is 1. The predicted molar refractivity (Wildman–Crippen MR) is 114 cm³/mol. The number of hydrogen-bond acceptors (Lipinski definition) is 5. The molecule has 4 rings (SSSR count). The van der Waals surface area contributed by atoms with Crippen LogP contribution in [0, 0.1) is 6.92 Å². The van der Waals surface area contributed by atoms with Crippen LogP contribution in [0.4, 0.5) is 0 Å². The van der Waals surface area contributed by atoms with E-state index >= 15 is 0 Å². The van der Waals surface area contributed by atoms with Crippen molar-refractivity contribution in [2.75, 3.05) is 5.75 Å². The number of carbonyl (C=O) groups is 1. The minimum atomic E-state index is 0.000542. The van der Waals surface area contributed by atoms with Gasteiger partial charge in [0.25, 0.3) is 0 Å². The Morgan fingerprint density at radius 2 is 2.24 bits per heavy atom. The number of thioether (sulfide) groups is 1. The van der Waals surface area contributed by atoms with E-state index in [-0.39, 0.29) is 17.7 Å². The molecule has 0 saturated heterocycles. The van der Waals surface area contributed by atoms with Crippen LogP contribution in [0.2, 0.25) is 0 Å². The summed E-state index contributed by atoms with van der Waals surface area (Å²) in [5, 5.41) is 12.4. The summed E-state index contributed by atoms with van der Waals surface area (Å²) in [5.41, 5.74) is 3.57. The van der Waals surface area contributed by atoms with Gasteiger partial charge in [0.05, 0.1) is 18.1 Å². The molecule has 1 aliphatic rings. The molecule has 1 atom stereocenters. The third-order valence-electron chi connectivity index (χ3n) is 5.13. The number of aryl methyl sites for hydroxylation is 2. The van der Waals surface area contributed by atoms with E-state index in [1.807, 2.05) is 23.6 Å². The average Bonchev–Trinajstić information content (AvgIpc) is 3.32. The Hall–Kier alpha value is -2.80. The van der Waals surface area contributed by atoms with Crippen LogP contribution in [0.5, 0.6) is 0 Å². The lowest BCUT2D eigenvalue weighted by molar-refractivity contribution is -0.119. The number of aromatic nitrogens is 3. The van der Waals surface area contributed by atoms with Gasteiger partial charge >= 0.3 is 0 Å². The second kappa shape index (κ2) is 8.69. The highest BCUT2D eigenvalue weighted by Gasteiger charge is 2.22. The summed E-state index contributed by atoms with van der Waals surface area (Å²) in [6.07, 6.45) is 6.57. The Bertz CT molecular complexity index is 1020. The SMILES string of the molecule is C=CCn1c(SCC(=O)N[C@H]2CCCc3ccccc32)nnc1-c1occc1C. The van der Waals surface area contributed by atoms with E-state index in [0.29, 0.717) is 23.3 Å². The smallest absolute Gasteiger partial charge is 0.230 e. The zero-order chi connectivity index (χ0) is 20.2. The second-order valence-corrected chi connectivity index (χ2v) is 8.08. The summed E-state index contributed by atoms with van der Waals surface area (Å²) in [6.45, 7) is 6.33. The Labute approximate surface area is 174 Å². The van der Waals surface area contributed by atoms with Gasteiger partial charge in [0, 0.05) is 6.54 Å². The van der Waals surface area contributed by atoms with Crippen LogP contribution in [0.15, 0.2) is 58.8 Å². The Morgan fingerprint density at radius 3 is 3.03 bits per heavy atom. The number of hydrogen-bond donors (Lipinski definition) is 1. The van der Waals surface area contributed by atoms with E-state index < -0.39 is 0 Å². The molecule has 0 unspecified atom stereocenters. The van der Waals surface area contributed by atoms with Crippen LogP contribution >= 0.6 is 11.8 Å². The van der Waals surface area contributed by atoms with E-state index in [1.54, 1.807) is 12.3 Å². The van der Waals surface area contributed by atoms with Crippen LogP contribution in [0.3, 0.4) is 0 Å². The van der Waals surface area contributed by atoms with Gasteiger partial charge in [-0.25, -0.2) is 0 Å². The number of benzene rings is 1. The first-order valence-corrected chi connectivity index (χ1v) is 10.7. The van der Waals surface area contributed by atoms with Crippen molar-refractivity contribution < 1.29 is 9.21 Å². The van der Waals surface area contributed by atoms with E-state index in [9.17, 15) is 4.79 Å². The maximum absolute atomic E-state index is 12.6. The van der Waals surface area contributed by atoms with Crippen LogP contribution in [-0.4, -0.2) is 26.4 Å². The zero-order valence-corrected chi connectivity index (χ0v) is 17.2. The minimum absolute atomic E-state index is 0.000542. The molecule has 0 saturated carbocycles. The summed E-state index contributed by atoms with van der Waals surface area (Å²) in [4.78, 5) is 12.6. The van der Waals surface area contributed by atoms with E-state index in [0.717, 1.165) is 24.8 Å². The van der Waals surface area contributed by atoms with Crippen molar-refractivity contribution >= 4 is 17.7 Å². The Morgan fingerprint density at radius 1 is 1.38 bits per heavy atom. The maximum Gasteiger partial charge on any atom is 0.230 e. The fourth-order valence-electron chi connectivity index (χ4n) is 3.73. The molecule has 0 aliphatic heterocycles. The molecule has 6 nitrogen and oxygen atoms in total. The van der Waals surface area contributed by atoms with Crippen LogP contribution in [0.25, 0.3) is 11.6 Å². The summed E-state index contributed by atoms with van der Waals surface area (Å²) in [5.74, 6) is 1.62. The van der Waals surface area contributed by atoms with Crippen molar-refractivity contribution in [1.29, 1.82) is 0 Å². The largest absolute Gasteiger partial charge is 0.461 e. The van der Waals surface area contributed by atoms with Crippen molar-refractivity contribution in [1.82, 2.24) is 20.1 Å². The molecule has 0 spiro atoms. The van der Waals surface area contributed by atoms with Gasteiger partial charge in [-0.1, -0.05) is 42.1 Å². The molecular formula is C22H24N4O2S. The molecular weight excluding hydrogens is 384 g/mol. The number of fused-ring (bicyclic) bond motifs is 1. The molecule has 2 heterocycles. The minimum Gasteiger partial charge on any atom is -0.461 e. The Balaban J connectivity index is 1.44. The quantitative estimate of drug-likeness (QED) is 0.466. The van der Waals surface area contributed by atoms with Gasteiger partial charge < -0.3 is 9.73 Å². The number of nitrogens with zero attached hydrogens (tertiary/aromatic N) is 3. The maximum atomic E-state index is 12.6. The monoisotopic (exact) mass is 408 g/mol. The molecule has 150 valence electrons. The normalized spacial score (nSPS) is 15.7. The van der Waals surface area contributed by atoms with Gasteiger partial charge in [0.1, 0.15) is 0 Å². The first-order chi connectivity index (χ1) is 14.2. The molecule has 7 heteroatoms. The fourth-order valence-corrected chi connectivity index (χ4v) is 4.49. The molecule has 2 aromatic heterocycles. The highest BCUT2D eigenvalue weighted by Crippen LogP contribution is 2.30. The van der Waals surface area contributed by atoms with Gasteiger partial charge in [0.15, 0.2) is 10.9 Å². The molecule has 1 N–H and O–H groups in total. The van der Waals surface area contributed by atoms with E-state index in [2.05, 4.69) is 40.3 Å². The number of furan rings is 1. The van der Waals surface area contributed by atoms with Gasteiger partial charge in [0.2, 0.25) is 11.7 Å². The summed E-state index contributed by atoms with van der Waals surface area (Å²) in [6, 6.07) is 10.3. The highest BCUT2D eigenvalue weighted by molar-refractivity contribution is 7.99. The van der Waals surface area contributed by atoms with Crippen molar-refractivity contribution in [2.24, 2.45) is 0 Å². The van der Waals surface area contributed by atoms with Crippen LogP contribution in [-0.2, 0) is 17.8 Å². The van der Waals surface area contributed by atoms with Crippen molar-refractivity contribution in [3.05, 3.63) is 65.9 Å². The number of nitrogens with one attached hydrogen (secondary N) is 1. The third kappa shape index (κ3) is 4.15. The predicted octanol–water partition coefficient (Wildman–Crippen LogP) is 4.32. The zero-order valence-electron chi connectivity index (χ0n) is 16.4. The lowest BCUT2D eigenvalue weighted by atomic mass is 9.88. The Kier molecular flexibility index (Phi) is 5.85. The van der Waals surface area contributed by atoms with Gasteiger partial charge in [-0.15, -0.1) is 16.8 Å².